The van der Waals surface area contributed by atoms with E-state index in [1.54, 1.807) is 31.2 Å². The van der Waals surface area contributed by atoms with Crippen molar-refractivity contribution in [1.82, 2.24) is 4.98 Å². The third-order valence-electron chi connectivity index (χ3n) is 5.56. The third kappa shape index (κ3) is 2.99. The van der Waals surface area contributed by atoms with Gasteiger partial charge in [0, 0.05) is 9.90 Å². The quantitative estimate of drug-likeness (QED) is 0.388. The van der Waals surface area contributed by atoms with Crippen LogP contribution >= 0.6 is 22.9 Å². The van der Waals surface area contributed by atoms with Gasteiger partial charge in [-0.3, -0.25) is 14.5 Å². The number of carbonyl (C=O) groups excluding carboxylic acids is 1. The number of anilines is 1. The van der Waals surface area contributed by atoms with Crippen LogP contribution in [0.1, 0.15) is 43.9 Å². The number of rotatable bonds is 2. The Balaban J connectivity index is 1.83. The summed E-state index contributed by atoms with van der Waals surface area (Å²) in [5, 5.41) is 1.19. The van der Waals surface area contributed by atoms with E-state index in [9.17, 15) is 14.0 Å². The molecule has 0 saturated heterocycles. The molecule has 1 amide bonds. The molecule has 0 bridgehead atoms. The minimum atomic E-state index is -0.784. The summed E-state index contributed by atoms with van der Waals surface area (Å²) in [6.45, 7) is 5.57. The van der Waals surface area contributed by atoms with E-state index in [4.69, 9.17) is 16.0 Å². The Morgan fingerprint density at radius 2 is 1.84 bits per heavy atom. The summed E-state index contributed by atoms with van der Waals surface area (Å²) in [7, 11) is 0. The van der Waals surface area contributed by atoms with Crippen LogP contribution in [0.25, 0.3) is 11.0 Å². The predicted octanol–water partition coefficient (Wildman–Crippen LogP) is 5.72. The van der Waals surface area contributed by atoms with Crippen molar-refractivity contribution in [2.45, 2.75) is 26.8 Å². The van der Waals surface area contributed by atoms with Gasteiger partial charge in [0.2, 0.25) is 5.76 Å². The molecule has 1 unspecified atom stereocenters. The maximum absolute atomic E-state index is 13.6. The monoisotopic (exact) mass is 454 g/mol. The van der Waals surface area contributed by atoms with Gasteiger partial charge in [-0.05, 0) is 56.2 Å². The zero-order chi connectivity index (χ0) is 22.0. The normalized spacial score (nSPS) is 15.7. The van der Waals surface area contributed by atoms with Crippen molar-refractivity contribution in [2.75, 3.05) is 4.90 Å². The van der Waals surface area contributed by atoms with Gasteiger partial charge < -0.3 is 4.42 Å². The Morgan fingerprint density at radius 1 is 1.13 bits per heavy atom. The maximum atomic E-state index is 13.6. The molecule has 1 atom stereocenters. The van der Waals surface area contributed by atoms with Crippen molar-refractivity contribution in [3.05, 3.63) is 90.5 Å². The van der Waals surface area contributed by atoms with Crippen LogP contribution in [0, 0.1) is 26.6 Å². The summed E-state index contributed by atoms with van der Waals surface area (Å²) in [5.74, 6) is -0.891. The summed E-state index contributed by atoms with van der Waals surface area (Å²) >= 11 is 7.60. The number of thiazole rings is 1. The number of halogens is 2. The van der Waals surface area contributed by atoms with Crippen LogP contribution in [0.4, 0.5) is 9.52 Å². The smallest absolute Gasteiger partial charge is 0.297 e. The fraction of sp³-hybridized carbons (Fsp3) is 0.174. The summed E-state index contributed by atoms with van der Waals surface area (Å²) in [5.41, 5.74) is 2.28. The molecule has 2 aromatic heterocycles. The number of fused-ring (bicyclic) bond motifs is 2. The molecular formula is C23H16ClFN2O3S. The molecular weight excluding hydrogens is 439 g/mol. The van der Waals surface area contributed by atoms with Crippen LogP contribution < -0.4 is 10.3 Å². The highest BCUT2D eigenvalue weighted by atomic mass is 35.5. The zero-order valence-electron chi connectivity index (χ0n) is 16.8. The molecule has 8 heteroatoms. The topological polar surface area (TPSA) is 63.4 Å². The number of carbonyl (C=O) groups is 1. The van der Waals surface area contributed by atoms with Gasteiger partial charge in [0.25, 0.3) is 5.91 Å². The van der Waals surface area contributed by atoms with E-state index in [0.29, 0.717) is 26.7 Å². The summed E-state index contributed by atoms with van der Waals surface area (Å²) in [4.78, 5) is 34.0. The fourth-order valence-electron chi connectivity index (χ4n) is 3.81. The highest BCUT2D eigenvalue weighted by Gasteiger charge is 2.45. The predicted molar refractivity (Wildman–Crippen MR) is 119 cm³/mol. The second kappa shape index (κ2) is 7.00. The number of amides is 1. The zero-order valence-corrected chi connectivity index (χ0v) is 18.4. The Bertz CT molecular complexity index is 1420. The van der Waals surface area contributed by atoms with Crippen LogP contribution in [0.15, 0.2) is 45.6 Å². The minimum absolute atomic E-state index is 0.0287. The lowest BCUT2D eigenvalue weighted by molar-refractivity contribution is 0.0971. The molecule has 0 aliphatic carbocycles. The first-order valence-corrected chi connectivity index (χ1v) is 10.8. The van der Waals surface area contributed by atoms with Crippen molar-refractivity contribution >= 4 is 44.9 Å². The fourth-order valence-corrected chi connectivity index (χ4v) is 4.91. The molecule has 156 valence electrons. The highest BCUT2D eigenvalue weighted by molar-refractivity contribution is 7.15. The van der Waals surface area contributed by atoms with Crippen LogP contribution in [-0.4, -0.2) is 10.9 Å². The number of hydrogen-bond acceptors (Lipinski definition) is 5. The summed E-state index contributed by atoms with van der Waals surface area (Å²) < 4.78 is 19.6. The van der Waals surface area contributed by atoms with Crippen LogP contribution in [0.5, 0.6) is 0 Å². The lowest BCUT2D eigenvalue weighted by Gasteiger charge is -2.22. The van der Waals surface area contributed by atoms with Gasteiger partial charge in [-0.2, -0.15) is 0 Å². The number of aryl methyl sites for hydroxylation is 3. The third-order valence-corrected chi connectivity index (χ3v) is 7.04. The molecule has 4 aromatic rings. The van der Waals surface area contributed by atoms with Crippen molar-refractivity contribution in [2.24, 2.45) is 0 Å². The first-order valence-electron chi connectivity index (χ1n) is 9.56. The van der Waals surface area contributed by atoms with Gasteiger partial charge in [-0.25, -0.2) is 9.37 Å². The van der Waals surface area contributed by atoms with Crippen molar-refractivity contribution in [3.8, 4) is 0 Å². The molecule has 1 aliphatic rings. The highest BCUT2D eigenvalue weighted by Crippen LogP contribution is 2.43. The van der Waals surface area contributed by atoms with Gasteiger partial charge in [0.1, 0.15) is 11.4 Å². The lowest BCUT2D eigenvalue weighted by Crippen LogP contribution is -2.29. The SMILES string of the molecule is Cc1cc2oc3c(c(=O)c2cc1Cl)C(c1ccc(F)cc1)N(c1nc(C)c(C)s1)C3=O. The minimum Gasteiger partial charge on any atom is -0.450 e. The molecule has 0 N–H and O–H groups in total. The second-order valence-corrected chi connectivity index (χ2v) is 9.13. The van der Waals surface area contributed by atoms with Crippen LogP contribution in [0.3, 0.4) is 0 Å². The van der Waals surface area contributed by atoms with Gasteiger partial charge in [0.15, 0.2) is 10.6 Å². The molecule has 5 rings (SSSR count). The van der Waals surface area contributed by atoms with Gasteiger partial charge >= 0.3 is 0 Å². The Hall–Kier alpha value is -3.03. The van der Waals surface area contributed by atoms with E-state index >= 15 is 0 Å². The standard InChI is InChI=1S/C23H16ClFN2O3S/c1-10-8-17-15(9-16(10)24)20(28)18-19(13-4-6-14(25)7-5-13)27(22(29)21(18)30-17)23-26-11(2)12(3)31-23/h4-9,19H,1-3H3. The summed E-state index contributed by atoms with van der Waals surface area (Å²) in [6, 6.07) is 8.16. The Morgan fingerprint density at radius 3 is 2.48 bits per heavy atom. The van der Waals surface area contributed by atoms with E-state index in [2.05, 4.69) is 4.98 Å². The molecule has 0 saturated carbocycles. The lowest BCUT2D eigenvalue weighted by atomic mass is 9.98. The van der Waals surface area contributed by atoms with Crippen LogP contribution in [0.2, 0.25) is 5.02 Å². The van der Waals surface area contributed by atoms with Crippen molar-refractivity contribution in [1.29, 1.82) is 0 Å². The number of hydrogen-bond donors (Lipinski definition) is 0. The van der Waals surface area contributed by atoms with E-state index < -0.39 is 17.8 Å². The molecule has 0 spiro atoms. The van der Waals surface area contributed by atoms with Gasteiger partial charge in [-0.1, -0.05) is 23.7 Å². The summed E-state index contributed by atoms with van der Waals surface area (Å²) in [6.07, 6.45) is 0. The Labute approximate surface area is 185 Å². The number of aromatic nitrogens is 1. The van der Waals surface area contributed by atoms with E-state index in [-0.39, 0.29) is 16.8 Å². The molecule has 2 aromatic carbocycles. The Kier molecular flexibility index (Phi) is 4.50. The van der Waals surface area contributed by atoms with Gasteiger partial charge in [0.05, 0.1) is 22.7 Å². The van der Waals surface area contributed by atoms with Crippen molar-refractivity contribution in [3.63, 3.8) is 0 Å². The molecule has 5 nitrogen and oxygen atoms in total. The largest absolute Gasteiger partial charge is 0.450 e. The molecule has 0 radical (unpaired) electrons. The average Bonchev–Trinajstić information content (AvgIpc) is 3.21. The van der Waals surface area contributed by atoms with E-state index in [1.165, 1.54) is 28.4 Å². The number of benzene rings is 2. The first-order chi connectivity index (χ1) is 14.8. The molecule has 0 fully saturated rings. The van der Waals surface area contributed by atoms with Crippen LogP contribution in [-0.2, 0) is 0 Å². The second-order valence-electron chi connectivity index (χ2n) is 7.54. The number of nitrogens with zero attached hydrogens (tertiary/aromatic N) is 2. The molecule has 1 aliphatic heterocycles. The first kappa shape index (κ1) is 19.9. The maximum Gasteiger partial charge on any atom is 0.297 e. The molecule has 3 heterocycles. The molecule has 31 heavy (non-hydrogen) atoms. The van der Waals surface area contributed by atoms with Crippen molar-refractivity contribution < 1.29 is 13.6 Å². The van der Waals surface area contributed by atoms with E-state index in [0.717, 1.165) is 16.1 Å². The van der Waals surface area contributed by atoms with E-state index in [1.807, 2.05) is 13.8 Å². The average molecular weight is 455 g/mol. The van der Waals surface area contributed by atoms with Gasteiger partial charge in [-0.15, -0.1) is 11.3 Å².